The zero-order chi connectivity index (χ0) is 25.9. The second-order valence-corrected chi connectivity index (χ2v) is 10.5. The van der Waals surface area contributed by atoms with Gasteiger partial charge in [0.15, 0.2) is 0 Å². The molecule has 36 heavy (non-hydrogen) atoms. The molecule has 3 aromatic carbocycles. The lowest BCUT2D eigenvalue weighted by molar-refractivity contribution is -0.116. The van der Waals surface area contributed by atoms with E-state index in [4.69, 9.17) is 16.7 Å². The second-order valence-electron chi connectivity index (χ2n) is 8.54. The Labute approximate surface area is 213 Å². The first-order valence-electron chi connectivity index (χ1n) is 11.1. The molecule has 4 rings (SSSR count). The van der Waals surface area contributed by atoms with Crippen LogP contribution in [-0.4, -0.2) is 38.3 Å². The third-order valence-corrected chi connectivity index (χ3v) is 6.86. The molecule has 0 saturated heterocycles. The summed E-state index contributed by atoms with van der Waals surface area (Å²) in [7, 11) is -4.02. The van der Waals surface area contributed by atoms with Crippen LogP contribution in [-0.2, 0) is 14.8 Å². The van der Waals surface area contributed by atoms with Crippen molar-refractivity contribution >= 4 is 44.9 Å². The topological polar surface area (TPSA) is 122 Å². The van der Waals surface area contributed by atoms with Gasteiger partial charge >= 0.3 is 6.03 Å². The number of rotatable bonds is 8. The molecule has 8 nitrogen and oxygen atoms in total. The van der Waals surface area contributed by atoms with E-state index in [0.29, 0.717) is 23.2 Å². The average Bonchev–Trinajstić information content (AvgIpc) is 3.65. The SMILES string of the molecule is NS(=O)(=O)c1ccccc1-c1ccc(NC(=O)CN(CC2CC2)C(=O)Nc2ccc(Cl)cc2)c(F)c1. The number of nitrogens with zero attached hydrogens (tertiary/aromatic N) is 1. The van der Waals surface area contributed by atoms with Crippen molar-refractivity contribution in [2.75, 3.05) is 23.7 Å². The predicted molar refractivity (Wildman–Crippen MR) is 137 cm³/mol. The van der Waals surface area contributed by atoms with Crippen molar-refractivity contribution in [3.63, 3.8) is 0 Å². The number of amides is 3. The molecular formula is C25H24ClFN4O4S. The predicted octanol–water partition coefficient (Wildman–Crippen LogP) is 4.68. The fourth-order valence-electron chi connectivity index (χ4n) is 3.67. The van der Waals surface area contributed by atoms with E-state index in [-0.39, 0.29) is 28.3 Å². The highest BCUT2D eigenvalue weighted by Crippen LogP contribution is 2.31. The number of sulfonamides is 1. The molecule has 4 N–H and O–H groups in total. The van der Waals surface area contributed by atoms with Crippen LogP contribution in [0.5, 0.6) is 0 Å². The number of urea groups is 1. The van der Waals surface area contributed by atoms with Gasteiger partial charge in [-0.25, -0.2) is 22.7 Å². The number of hydrogen-bond acceptors (Lipinski definition) is 4. The van der Waals surface area contributed by atoms with Gasteiger partial charge in [0.1, 0.15) is 12.4 Å². The van der Waals surface area contributed by atoms with Gasteiger partial charge in [-0.05, 0) is 66.8 Å². The Morgan fingerprint density at radius 3 is 2.36 bits per heavy atom. The summed E-state index contributed by atoms with van der Waals surface area (Å²) in [4.78, 5) is 26.8. The first kappa shape index (κ1) is 25.6. The molecule has 0 atom stereocenters. The van der Waals surface area contributed by atoms with Gasteiger partial charge in [0.25, 0.3) is 0 Å². The number of carbonyl (C=O) groups excluding carboxylic acids is 2. The standard InChI is InChI=1S/C25H24ClFN4O4S/c26-18-8-10-19(11-9-18)29-25(33)31(14-16-5-6-16)15-24(32)30-22-12-7-17(13-21(22)27)20-3-1-2-4-23(20)36(28,34)35/h1-4,7-13,16H,5-6,14-15H2,(H,29,33)(H,30,32)(H2,28,34,35). The van der Waals surface area contributed by atoms with E-state index in [1.165, 1.54) is 35.2 Å². The smallest absolute Gasteiger partial charge is 0.322 e. The maximum absolute atomic E-state index is 14.9. The van der Waals surface area contributed by atoms with E-state index in [9.17, 15) is 22.4 Å². The minimum atomic E-state index is -4.02. The van der Waals surface area contributed by atoms with Gasteiger partial charge in [-0.2, -0.15) is 0 Å². The van der Waals surface area contributed by atoms with E-state index in [1.807, 2.05) is 0 Å². The fraction of sp³-hybridized carbons (Fsp3) is 0.200. The maximum Gasteiger partial charge on any atom is 0.322 e. The number of benzene rings is 3. The summed E-state index contributed by atoms with van der Waals surface area (Å²) in [5.41, 5.74) is 0.965. The van der Waals surface area contributed by atoms with E-state index >= 15 is 0 Å². The van der Waals surface area contributed by atoms with E-state index in [1.54, 1.807) is 30.3 Å². The average molecular weight is 531 g/mol. The third kappa shape index (κ3) is 6.60. The molecule has 3 aromatic rings. The van der Waals surface area contributed by atoms with E-state index in [0.717, 1.165) is 18.9 Å². The minimum Gasteiger partial charge on any atom is -0.322 e. The first-order valence-corrected chi connectivity index (χ1v) is 13.1. The number of anilines is 2. The van der Waals surface area contributed by atoms with Gasteiger partial charge < -0.3 is 15.5 Å². The number of nitrogens with one attached hydrogen (secondary N) is 2. The molecule has 0 aliphatic heterocycles. The number of primary sulfonamides is 1. The summed E-state index contributed by atoms with van der Waals surface area (Å²) in [5, 5.41) is 11.0. The van der Waals surface area contributed by atoms with Gasteiger partial charge in [0, 0.05) is 22.8 Å². The summed E-state index contributed by atoms with van der Waals surface area (Å²) in [6.07, 6.45) is 1.95. The zero-order valence-corrected chi connectivity index (χ0v) is 20.7. The van der Waals surface area contributed by atoms with Crippen molar-refractivity contribution < 1.29 is 22.4 Å². The van der Waals surface area contributed by atoms with Crippen LogP contribution >= 0.6 is 11.6 Å². The molecular weight excluding hydrogens is 507 g/mol. The molecule has 1 fully saturated rings. The van der Waals surface area contributed by atoms with E-state index < -0.39 is 27.8 Å². The Morgan fingerprint density at radius 1 is 1.03 bits per heavy atom. The van der Waals surface area contributed by atoms with Gasteiger partial charge in [0.2, 0.25) is 15.9 Å². The Hall–Kier alpha value is -3.47. The summed E-state index contributed by atoms with van der Waals surface area (Å²) < 4.78 is 38.6. The molecule has 0 radical (unpaired) electrons. The van der Waals surface area contributed by atoms with Crippen LogP contribution in [0.15, 0.2) is 71.6 Å². The summed E-state index contributed by atoms with van der Waals surface area (Å²) in [6.45, 7) is 0.129. The number of carbonyl (C=O) groups is 2. The lowest BCUT2D eigenvalue weighted by Gasteiger charge is -2.23. The summed E-state index contributed by atoms with van der Waals surface area (Å²) >= 11 is 5.88. The Bertz CT molecular complexity index is 1400. The van der Waals surface area contributed by atoms with Crippen molar-refractivity contribution in [1.82, 2.24) is 4.90 Å². The highest BCUT2D eigenvalue weighted by Gasteiger charge is 2.28. The molecule has 0 aromatic heterocycles. The van der Waals surface area contributed by atoms with Crippen LogP contribution in [0.4, 0.5) is 20.6 Å². The van der Waals surface area contributed by atoms with Gasteiger partial charge in [0.05, 0.1) is 10.6 Å². The number of nitrogens with two attached hydrogens (primary N) is 1. The Balaban J connectivity index is 1.46. The van der Waals surface area contributed by atoms with Crippen molar-refractivity contribution in [2.45, 2.75) is 17.7 Å². The largest absolute Gasteiger partial charge is 0.322 e. The number of hydrogen-bond donors (Lipinski definition) is 3. The molecule has 0 unspecified atom stereocenters. The first-order chi connectivity index (χ1) is 17.1. The molecule has 188 valence electrons. The lowest BCUT2D eigenvalue weighted by atomic mass is 10.0. The molecule has 1 aliphatic carbocycles. The lowest BCUT2D eigenvalue weighted by Crippen LogP contribution is -2.41. The van der Waals surface area contributed by atoms with Crippen LogP contribution in [0.2, 0.25) is 5.02 Å². The van der Waals surface area contributed by atoms with Crippen molar-refractivity contribution in [3.05, 3.63) is 77.6 Å². The van der Waals surface area contributed by atoms with Crippen LogP contribution in [0.1, 0.15) is 12.8 Å². The normalized spacial score (nSPS) is 13.2. The van der Waals surface area contributed by atoms with Gasteiger partial charge in [-0.3, -0.25) is 4.79 Å². The fourth-order valence-corrected chi connectivity index (χ4v) is 4.55. The van der Waals surface area contributed by atoms with Crippen molar-refractivity contribution in [1.29, 1.82) is 0 Å². The van der Waals surface area contributed by atoms with Crippen LogP contribution in [0.3, 0.4) is 0 Å². The Kier molecular flexibility index (Phi) is 7.58. The molecule has 0 heterocycles. The Morgan fingerprint density at radius 2 is 1.72 bits per heavy atom. The number of halogens is 2. The molecule has 1 aliphatic rings. The molecule has 0 spiro atoms. The second kappa shape index (κ2) is 10.7. The van der Waals surface area contributed by atoms with Gasteiger partial charge in [-0.1, -0.05) is 35.9 Å². The van der Waals surface area contributed by atoms with E-state index in [2.05, 4.69) is 10.6 Å². The zero-order valence-electron chi connectivity index (χ0n) is 19.1. The summed E-state index contributed by atoms with van der Waals surface area (Å²) in [5.74, 6) is -1.01. The molecule has 1 saturated carbocycles. The van der Waals surface area contributed by atoms with Gasteiger partial charge in [-0.15, -0.1) is 0 Å². The molecule has 11 heteroatoms. The van der Waals surface area contributed by atoms with Crippen LogP contribution < -0.4 is 15.8 Å². The maximum atomic E-state index is 14.9. The highest BCUT2D eigenvalue weighted by atomic mass is 35.5. The molecule has 3 amide bonds. The quantitative estimate of drug-likeness (QED) is 0.391. The van der Waals surface area contributed by atoms with Crippen LogP contribution in [0.25, 0.3) is 11.1 Å². The minimum absolute atomic E-state index is 0.0960. The third-order valence-electron chi connectivity index (χ3n) is 5.64. The molecule has 0 bridgehead atoms. The summed E-state index contributed by atoms with van der Waals surface area (Å²) in [6, 6.07) is 16.1. The monoisotopic (exact) mass is 530 g/mol. The van der Waals surface area contributed by atoms with Crippen molar-refractivity contribution in [2.24, 2.45) is 11.1 Å². The van der Waals surface area contributed by atoms with Crippen LogP contribution in [0, 0.1) is 11.7 Å². The van der Waals surface area contributed by atoms with Crippen molar-refractivity contribution in [3.8, 4) is 11.1 Å². The highest BCUT2D eigenvalue weighted by molar-refractivity contribution is 7.89.